The van der Waals surface area contributed by atoms with E-state index in [1.807, 2.05) is 13.8 Å². The molecule has 1 atom stereocenters. The van der Waals surface area contributed by atoms with Gasteiger partial charge in [-0.1, -0.05) is 24.7 Å². The van der Waals surface area contributed by atoms with Crippen molar-refractivity contribution >= 4 is 23.2 Å². The van der Waals surface area contributed by atoms with E-state index in [1.165, 1.54) is 0 Å². The van der Waals surface area contributed by atoms with Crippen molar-refractivity contribution in [2.45, 2.75) is 58.5 Å². The second kappa shape index (κ2) is 8.61. The van der Waals surface area contributed by atoms with Gasteiger partial charge in [-0.15, -0.1) is 0 Å². The van der Waals surface area contributed by atoms with E-state index in [0.717, 1.165) is 23.5 Å². The van der Waals surface area contributed by atoms with E-state index in [1.54, 1.807) is 9.95 Å². The predicted octanol–water partition coefficient (Wildman–Crippen LogP) is 1.76. The van der Waals surface area contributed by atoms with Crippen LogP contribution in [0.25, 0.3) is 0 Å². The summed E-state index contributed by atoms with van der Waals surface area (Å²) in [5.74, 6) is -1.06. The first-order chi connectivity index (χ1) is 9.93. The Balaban J connectivity index is 2.39. The van der Waals surface area contributed by atoms with Gasteiger partial charge in [-0.2, -0.15) is 0 Å². The van der Waals surface area contributed by atoms with Crippen molar-refractivity contribution in [3.8, 4) is 0 Å². The van der Waals surface area contributed by atoms with E-state index in [-0.39, 0.29) is 23.2 Å². The Hall–Kier alpha value is -1.63. The summed E-state index contributed by atoms with van der Waals surface area (Å²) in [6, 6.07) is -0.314. The Labute approximate surface area is 127 Å². The third-order valence-corrected chi connectivity index (χ3v) is 4.07. The smallest absolute Gasteiger partial charge is 0.307 e. The van der Waals surface area contributed by atoms with Crippen LogP contribution in [0.15, 0.2) is 10.2 Å². The van der Waals surface area contributed by atoms with Gasteiger partial charge < -0.3 is 15.0 Å². The zero-order valence-corrected chi connectivity index (χ0v) is 13.2. The summed E-state index contributed by atoms with van der Waals surface area (Å²) in [5, 5.41) is 13.3. The van der Waals surface area contributed by atoms with Gasteiger partial charge in [0.05, 0.1) is 6.42 Å². The third-order valence-electron chi connectivity index (χ3n) is 3.19. The Kier molecular flexibility index (Phi) is 7.14. The summed E-state index contributed by atoms with van der Waals surface area (Å²) >= 11 is 1.16. The van der Waals surface area contributed by atoms with Crippen molar-refractivity contribution in [3.05, 3.63) is 20.7 Å². The lowest BCUT2D eigenvalue weighted by Crippen LogP contribution is -2.36. The minimum absolute atomic E-state index is 0.0114. The lowest BCUT2D eigenvalue weighted by atomic mass is 10.1. The van der Waals surface area contributed by atoms with Crippen LogP contribution in [0.1, 0.15) is 44.7 Å². The van der Waals surface area contributed by atoms with E-state index >= 15 is 0 Å². The van der Waals surface area contributed by atoms with Gasteiger partial charge in [0.2, 0.25) is 5.91 Å². The number of nitrogens with one attached hydrogen (secondary N) is 1. The summed E-state index contributed by atoms with van der Waals surface area (Å²) in [5.41, 5.74) is 0.903. The van der Waals surface area contributed by atoms with Crippen LogP contribution in [0.3, 0.4) is 0 Å². The fourth-order valence-corrected chi connectivity index (χ4v) is 2.92. The highest BCUT2D eigenvalue weighted by molar-refractivity contribution is 7.07. The molecule has 2 N–H and O–H groups in total. The number of aryl methyl sites for hydroxylation is 1. The second-order valence-corrected chi connectivity index (χ2v) is 5.87. The number of aromatic nitrogens is 1. The molecule has 0 saturated heterocycles. The molecule has 0 saturated carbocycles. The SMILES string of the molecule is CCCC(CC(=O)O)NC(=O)CCCn1c(C)csc1=O. The monoisotopic (exact) mass is 314 g/mol. The molecule has 1 rings (SSSR count). The van der Waals surface area contributed by atoms with Crippen LogP contribution < -0.4 is 10.2 Å². The summed E-state index contributed by atoms with van der Waals surface area (Å²) in [6.07, 6.45) is 2.28. The summed E-state index contributed by atoms with van der Waals surface area (Å²) in [6.45, 7) is 4.33. The van der Waals surface area contributed by atoms with Crippen LogP contribution in [-0.4, -0.2) is 27.6 Å². The molecule has 1 amide bonds. The molecule has 21 heavy (non-hydrogen) atoms. The summed E-state index contributed by atoms with van der Waals surface area (Å²) < 4.78 is 1.65. The minimum Gasteiger partial charge on any atom is -0.481 e. The van der Waals surface area contributed by atoms with Crippen molar-refractivity contribution in [3.63, 3.8) is 0 Å². The molecule has 0 aliphatic heterocycles. The number of hydrogen-bond acceptors (Lipinski definition) is 4. The van der Waals surface area contributed by atoms with Gasteiger partial charge in [-0.3, -0.25) is 14.4 Å². The highest BCUT2D eigenvalue weighted by Crippen LogP contribution is 2.05. The molecule has 1 unspecified atom stereocenters. The number of carbonyl (C=O) groups is 2. The summed E-state index contributed by atoms with van der Waals surface area (Å²) in [7, 11) is 0. The lowest BCUT2D eigenvalue weighted by molar-refractivity contribution is -0.137. The van der Waals surface area contributed by atoms with Gasteiger partial charge in [0.15, 0.2) is 0 Å². The number of carboxylic acid groups (broad SMARTS) is 1. The molecule has 0 radical (unpaired) electrons. The van der Waals surface area contributed by atoms with E-state index in [9.17, 15) is 14.4 Å². The van der Waals surface area contributed by atoms with Gasteiger partial charge in [-0.25, -0.2) is 0 Å². The van der Waals surface area contributed by atoms with Crippen LogP contribution in [0.2, 0.25) is 0 Å². The fraction of sp³-hybridized carbons (Fsp3) is 0.643. The number of carbonyl (C=O) groups excluding carboxylic acids is 1. The van der Waals surface area contributed by atoms with Gasteiger partial charge >= 0.3 is 10.8 Å². The number of hydrogen-bond donors (Lipinski definition) is 2. The highest BCUT2D eigenvalue weighted by atomic mass is 32.1. The Bertz CT molecular complexity index is 535. The minimum atomic E-state index is -0.908. The first-order valence-corrected chi connectivity index (χ1v) is 7.98. The average molecular weight is 314 g/mol. The maximum absolute atomic E-state index is 11.8. The average Bonchev–Trinajstić information content (AvgIpc) is 2.70. The molecule has 1 aromatic rings. The van der Waals surface area contributed by atoms with Crippen molar-refractivity contribution in [2.24, 2.45) is 0 Å². The third kappa shape index (κ3) is 6.12. The maximum Gasteiger partial charge on any atom is 0.307 e. The molecule has 0 aromatic carbocycles. The van der Waals surface area contributed by atoms with E-state index in [0.29, 0.717) is 25.8 Å². The van der Waals surface area contributed by atoms with Gasteiger partial charge in [0.25, 0.3) is 0 Å². The number of carboxylic acids is 1. The van der Waals surface area contributed by atoms with E-state index in [4.69, 9.17) is 5.11 Å². The molecule has 0 aliphatic rings. The number of aliphatic carboxylic acids is 1. The zero-order valence-electron chi connectivity index (χ0n) is 12.4. The van der Waals surface area contributed by atoms with Crippen molar-refractivity contribution in [2.75, 3.05) is 0 Å². The predicted molar refractivity (Wildman–Crippen MR) is 81.6 cm³/mol. The molecule has 1 heterocycles. The van der Waals surface area contributed by atoms with Crippen LogP contribution in [-0.2, 0) is 16.1 Å². The molecule has 6 nitrogen and oxygen atoms in total. The number of rotatable bonds is 9. The van der Waals surface area contributed by atoms with E-state index in [2.05, 4.69) is 5.32 Å². The van der Waals surface area contributed by atoms with Gasteiger partial charge in [-0.05, 0) is 19.8 Å². The van der Waals surface area contributed by atoms with Gasteiger partial charge in [0, 0.05) is 30.1 Å². The second-order valence-electron chi connectivity index (χ2n) is 5.05. The fourth-order valence-electron chi connectivity index (χ4n) is 2.16. The Morgan fingerprint density at radius 3 is 2.71 bits per heavy atom. The molecule has 0 aliphatic carbocycles. The molecule has 0 fully saturated rings. The van der Waals surface area contributed by atoms with Crippen molar-refractivity contribution < 1.29 is 14.7 Å². The molecule has 0 bridgehead atoms. The van der Waals surface area contributed by atoms with Crippen LogP contribution >= 0.6 is 11.3 Å². The van der Waals surface area contributed by atoms with Crippen LogP contribution in [0.4, 0.5) is 0 Å². The highest BCUT2D eigenvalue weighted by Gasteiger charge is 2.15. The standard InChI is InChI=1S/C14H22N2O4S/c1-3-5-11(8-13(18)19)15-12(17)6-4-7-16-10(2)9-21-14(16)20/h9,11H,3-8H2,1-2H3,(H,15,17)(H,18,19). The summed E-state index contributed by atoms with van der Waals surface area (Å²) in [4.78, 5) is 34.0. The van der Waals surface area contributed by atoms with Crippen molar-refractivity contribution in [1.29, 1.82) is 0 Å². The van der Waals surface area contributed by atoms with Crippen molar-refractivity contribution in [1.82, 2.24) is 9.88 Å². The zero-order chi connectivity index (χ0) is 15.8. The molecule has 7 heteroatoms. The molecule has 118 valence electrons. The first-order valence-electron chi connectivity index (χ1n) is 7.10. The lowest BCUT2D eigenvalue weighted by Gasteiger charge is -2.16. The Morgan fingerprint density at radius 1 is 1.48 bits per heavy atom. The largest absolute Gasteiger partial charge is 0.481 e. The molecular weight excluding hydrogens is 292 g/mol. The van der Waals surface area contributed by atoms with Crippen LogP contribution in [0.5, 0.6) is 0 Å². The number of thiazole rings is 1. The van der Waals surface area contributed by atoms with E-state index < -0.39 is 5.97 Å². The number of nitrogens with zero attached hydrogens (tertiary/aromatic N) is 1. The normalized spacial score (nSPS) is 12.1. The maximum atomic E-state index is 11.8. The molecule has 0 spiro atoms. The molecule has 1 aromatic heterocycles. The van der Waals surface area contributed by atoms with Gasteiger partial charge in [0.1, 0.15) is 0 Å². The number of amides is 1. The first kappa shape index (κ1) is 17.4. The molecular formula is C14H22N2O4S. The Morgan fingerprint density at radius 2 is 2.19 bits per heavy atom. The topological polar surface area (TPSA) is 88.4 Å². The quantitative estimate of drug-likeness (QED) is 0.727. The van der Waals surface area contributed by atoms with Crippen LogP contribution in [0, 0.1) is 6.92 Å².